The van der Waals surface area contributed by atoms with Crippen molar-refractivity contribution in [2.45, 2.75) is 58.0 Å². The molecule has 2 aliphatic rings. The van der Waals surface area contributed by atoms with E-state index in [1.165, 1.54) is 28.5 Å². The van der Waals surface area contributed by atoms with E-state index < -0.39 is 0 Å². The summed E-state index contributed by atoms with van der Waals surface area (Å²) in [5.74, 6) is 0.0639. The Hall–Kier alpha value is -2.95. The normalized spacial score (nSPS) is 20.6. The summed E-state index contributed by atoms with van der Waals surface area (Å²) < 4.78 is 16.1. The van der Waals surface area contributed by atoms with Crippen LogP contribution in [-0.2, 0) is 24.2 Å². The Morgan fingerprint density at radius 1 is 1.12 bits per heavy atom. The third kappa shape index (κ3) is 4.21. The molecule has 166 valence electrons. The molecule has 1 amide bonds. The topological polar surface area (TPSA) is 38.1 Å². The molecule has 2 atom stereocenters. The van der Waals surface area contributed by atoms with Gasteiger partial charge in [0.05, 0.1) is 12.4 Å². The fourth-order valence-corrected chi connectivity index (χ4v) is 5.32. The highest BCUT2D eigenvalue weighted by atomic mass is 19.1. The van der Waals surface area contributed by atoms with Gasteiger partial charge in [0.1, 0.15) is 5.82 Å². The van der Waals surface area contributed by atoms with Crippen molar-refractivity contribution in [1.29, 1.82) is 0 Å². The Balaban J connectivity index is 1.24. The van der Waals surface area contributed by atoms with Gasteiger partial charge in [0.2, 0.25) is 5.91 Å². The van der Waals surface area contributed by atoms with Crippen molar-refractivity contribution in [1.82, 2.24) is 14.5 Å². The average Bonchev–Trinajstić information content (AvgIpc) is 3.39. The van der Waals surface area contributed by atoms with Crippen LogP contribution in [0.4, 0.5) is 4.39 Å². The number of fused-ring (bicyclic) bond motifs is 1. The van der Waals surface area contributed by atoms with Gasteiger partial charge in [-0.2, -0.15) is 0 Å². The van der Waals surface area contributed by atoms with Gasteiger partial charge in [-0.25, -0.2) is 9.37 Å². The first kappa shape index (κ1) is 20.9. The molecule has 1 aromatic heterocycles. The summed E-state index contributed by atoms with van der Waals surface area (Å²) >= 11 is 0. The Morgan fingerprint density at radius 2 is 1.97 bits per heavy atom. The highest BCUT2D eigenvalue weighted by Crippen LogP contribution is 2.38. The fraction of sp³-hybridized carbons (Fsp3) is 0.407. The molecular weight excluding hydrogens is 401 g/mol. The van der Waals surface area contributed by atoms with Crippen LogP contribution in [0.25, 0.3) is 0 Å². The van der Waals surface area contributed by atoms with Crippen LogP contribution in [0.2, 0.25) is 0 Å². The van der Waals surface area contributed by atoms with E-state index in [1.807, 2.05) is 23.5 Å². The van der Waals surface area contributed by atoms with Crippen molar-refractivity contribution < 1.29 is 9.18 Å². The van der Waals surface area contributed by atoms with Gasteiger partial charge in [-0.1, -0.05) is 35.9 Å². The van der Waals surface area contributed by atoms with Crippen molar-refractivity contribution in [2.24, 2.45) is 5.92 Å². The molecule has 1 aliphatic heterocycles. The van der Waals surface area contributed by atoms with Gasteiger partial charge in [-0.05, 0) is 74.3 Å². The molecule has 0 bridgehead atoms. The predicted molar refractivity (Wildman–Crippen MR) is 123 cm³/mol. The summed E-state index contributed by atoms with van der Waals surface area (Å²) in [6.45, 7) is 3.66. The van der Waals surface area contributed by atoms with Crippen LogP contribution in [0.5, 0.6) is 0 Å². The molecule has 0 radical (unpaired) electrons. The quantitative estimate of drug-likeness (QED) is 0.535. The van der Waals surface area contributed by atoms with Crippen molar-refractivity contribution in [3.05, 3.63) is 88.8 Å². The number of amides is 1. The number of hydrogen-bond donors (Lipinski definition) is 0. The SMILES string of the molecule is Cc1ccc(Cn2cncc2CC[C@H]2CCN([C@@H]3CCCc4ccc(F)cc43)C2=O)cc1. The van der Waals surface area contributed by atoms with E-state index in [-0.39, 0.29) is 23.7 Å². The molecule has 32 heavy (non-hydrogen) atoms. The number of carbonyl (C=O) groups is 1. The first-order valence-electron chi connectivity index (χ1n) is 11.7. The number of hydrogen-bond acceptors (Lipinski definition) is 2. The number of nitrogens with zero attached hydrogens (tertiary/aromatic N) is 3. The molecule has 5 rings (SSSR count). The fourth-order valence-electron chi connectivity index (χ4n) is 5.32. The van der Waals surface area contributed by atoms with Crippen LogP contribution in [0.1, 0.15) is 59.7 Å². The molecule has 1 fully saturated rings. The van der Waals surface area contributed by atoms with Crippen LogP contribution in [0.3, 0.4) is 0 Å². The molecular formula is C27H30FN3O. The van der Waals surface area contributed by atoms with Gasteiger partial charge < -0.3 is 9.47 Å². The minimum absolute atomic E-state index is 0.0269. The van der Waals surface area contributed by atoms with E-state index in [9.17, 15) is 9.18 Å². The van der Waals surface area contributed by atoms with Crippen molar-refractivity contribution in [2.75, 3.05) is 6.54 Å². The van der Waals surface area contributed by atoms with Gasteiger partial charge in [-0.15, -0.1) is 0 Å². The summed E-state index contributed by atoms with van der Waals surface area (Å²) in [4.78, 5) is 19.7. The van der Waals surface area contributed by atoms with Gasteiger partial charge >= 0.3 is 0 Å². The molecule has 0 spiro atoms. The number of halogens is 1. The summed E-state index contributed by atoms with van der Waals surface area (Å²) in [6, 6.07) is 13.7. The van der Waals surface area contributed by atoms with Crippen molar-refractivity contribution in [3.8, 4) is 0 Å². The van der Waals surface area contributed by atoms with Crippen LogP contribution in [0, 0.1) is 18.7 Å². The van der Waals surface area contributed by atoms with E-state index >= 15 is 0 Å². The summed E-state index contributed by atoms with van der Waals surface area (Å²) in [6.07, 6.45) is 9.31. The molecule has 0 saturated carbocycles. The Kier molecular flexibility index (Phi) is 5.81. The van der Waals surface area contributed by atoms with Crippen molar-refractivity contribution >= 4 is 5.91 Å². The van der Waals surface area contributed by atoms with Gasteiger partial charge in [-0.3, -0.25) is 4.79 Å². The summed E-state index contributed by atoms with van der Waals surface area (Å²) in [7, 11) is 0. The van der Waals surface area contributed by atoms with Crippen LogP contribution in [0.15, 0.2) is 55.0 Å². The lowest BCUT2D eigenvalue weighted by Gasteiger charge is -2.33. The lowest BCUT2D eigenvalue weighted by atomic mass is 9.86. The minimum atomic E-state index is -0.208. The van der Waals surface area contributed by atoms with E-state index in [4.69, 9.17) is 0 Å². The number of carbonyl (C=O) groups excluding carboxylic acids is 1. The monoisotopic (exact) mass is 431 g/mol. The van der Waals surface area contributed by atoms with Crippen LogP contribution >= 0.6 is 0 Å². The maximum atomic E-state index is 13.9. The number of aryl methyl sites for hydroxylation is 3. The Morgan fingerprint density at radius 3 is 2.81 bits per heavy atom. The minimum Gasteiger partial charge on any atom is -0.335 e. The molecule has 0 N–H and O–H groups in total. The highest BCUT2D eigenvalue weighted by molar-refractivity contribution is 5.81. The molecule has 2 aromatic carbocycles. The van der Waals surface area contributed by atoms with E-state index in [0.717, 1.165) is 57.2 Å². The zero-order valence-electron chi connectivity index (χ0n) is 18.6. The van der Waals surface area contributed by atoms with Crippen molar-refractivity contribution in [3.63, 3.8) is 0 Å². The number of imidazole rings is 1. The summed E-state index contributed by atoms with van der Waals surface area (Å²) in [5.41, 5.74) is 5.88. The molecule has 3 aromatic rings. The van der Waals surface area contributed by atoms with Gasteiger partial charge in [0, 0.05) is 30.9 Å². The maximum absolute atomic E-state index is 13.9. The third-order valence-corrected chi connectivity index (χ3v) is 7.14. The van der Waals surface area contributed by atoms with Crippen LogP contribution in [-0.4, -0.2) is 26.9 Å². The molecule has 4 nitrogen and oxygen atoms in total. The predicted octanol–water partition coefficient (Wildman–Crippen LogP) is 5.24. The molecule has 5 heteroatoms. The van der Waals surface area contributed by atoms with Crippen LogP contribution < -0.4 is 0 Å². The van der Waals surface area contributed by atoms with Gasteiger partial charge in [0.15, 0.2) is 0 Å². The Bertz CT molecular complexity index is 1100. The summed E-state index contributed by atoms with van der Waals surface area (Å²) in [5, 5.41) is 0. The second-order valence-corrected chi connectivity index (χ2v) is 9.31. The number of aromatic nitrogens is 2. The third-order valence-electron chi connectivity index (χ3n) is 7.14. The average molecular weight is 432 g/mol. The standard InChI is InChI=1S/C27H30FN3O/c1-19-5-7-20(8-6-19)17-30-18-29-16-24(30)12-10-22-13-14-31(27(22)32)26-4-2-3-21-9-11-23(28)15-25(21)26/h5-9,11,15-16,18,22,26H,2-4,10,12-14,17H2,1H3/t22-,26+/m0/s1. The zero-order valence-corrected chi connectivity index (χ0v) is 18.6. The van der Waals surface area contributed by atoms with E-state index in [2.05, 4.69) is 40.7 Å². The van der Waals surface area contributed by atoms with E-state index in [0.29, 0.717) is 0 Å². The smallest absolute Gasteiger partial charge is 0.226 e. The number of likely N-dealkylation sites (tertiary alicyclic amines) is 1. The maximum Gasteiger partial charge on any atom is 0.226 e. The second kappa shape index (κ2) is 8.89. The molecule has 1 saturated heterocycles. The highest BCUT2D eigenvalue weighted by Gasteiger charge is 2.37. The lowest BCUT2D eigenvalue weighted by molar-refractivity contribution is -0.133. The molecule has 2 heterocycles. The van der Waals surface area contributed by atoms with E-state index in [1.54, 1.807) is 6.07 Å². The first-order chi connectivity index (χ1) is 15.6. The lowest BCUT2D eigenvalue weighted by Crippen LogP contribution is -2.34. The second-order valence-electron chi connectivity index (χ2n) is 9.31. The largest absolute Gasteiger partial charge is 0.335 e. The number of benzene rings is 2. The number of rotatable bonds is 6. The Labute approximate surface area is 189 Å². The van der Waals surface area contributed by atoms with Gasteiger partial charge in [0.25, 0.3) is 0 Å². The molecule has 1 aliphatic carbocycles. The first-order valence-corrected chi connectivity index (χ1v) is 11.7. The zero-order chi connectivity index (χ0) is 22.1. The molecule has 0 unspecified atom stereocenters.